The molecule has 0 radical (unpaired) electrons. The third kappa shape index (κ3) is 3.23. The molecule has 2 bridgehead atoms. The Morgan fingerprint density at radius 2 is 2.15 bits per heavy atom. The summed E-state index contributed by atoms with van der Waals surface area (Å²) in [5, 5.41) is 0.852. The van der Waals surface area contributed by atoms with Gasteiger partial charge in [0.1, 0.15) is 10.8 Å². The monoisotopic (exact) mass is 404 g/mol. The molecule has 0 spiro atoms. The van der Waals surface area contributed by atoms with Crippen LogP contribution >= 0.6 is 23.6 Å². The Kier molecular flexibility index (Phi) is 4.92. The SMILES string of the molecule is CCOC(=O)c1c(N(C(N)=S)c2ccc3cc2OCO3)sc2c1CCCC2. The van der Waals surface area contributed by atoms with Crippen LogP contribution < -0.4 is 20.1 Å². The molecule has 1 aromatic heterocycles. The van der Waals surface area contributed by atoms with E-state index in [-0.39, 0.29) is 17.9 Å². The minimum absolute atomic E-state index is 0.131. The number of hydrogen-bond acceptors (Lipinski definition) is 6. The first-order chi connectivity index (χ1) is 13.1. The van der Waals surface area contributed by atoms with Gasteiger partial charge < -0.3 is 19.9 Å². The summed E-state index contributed by atoms with van der Waals surface area (Å²) in [5.41, 5.74) is 8.44. The fourth-order valence-corrected chi connectivity index (χ4v) is 5.15. The maximum atomic E-state index is 12.8. The van der Waals surface area contributed by atoms with Crippen LogP contribution in [0.3, 0.4) is 0 Å². The smallest absolute Gasteiger partial charge is 0.341 e. The maximum absolute atomic E-state index is 12.8. The number of thiocarbonyl (C=S) groups is 1. The van der Waals surface area contributed by atoms with Gasteiger partial charge in [0.2, 0.25) is 6.79 Å². The Bertz CT molecular complexity index is 909. The van der Waals surface area contributed by atoms with Crippen molar-refractivity contribution >= 4 is 45.3 Å². The molecule has 1 aliphatic carbocycles. The number of thiophene rings is 1. The van der Waals surface area contributed by atoms with Crippen molar-refractivity contribution in [2.75, 3.05) is 18.3 Å². The van der Waals surface area contributed by atoms with Crippen molar-refractivity contribution in [3.8, 4) is 11.5 Å². The van der Waals surface area contributed by atoms with Gasteiger partial charge in [0.15, 0.2) is 10.9 Å². The first-order valence-electron chi connectivity index (χ1n) is 8.91. The number of carbonyl (C=O) groups excluding carboxylic acids is 1. The highest BCUT2D eigenvalue weighted by molar-refractivity contribution is 7.80. The summed E-state index contributed by atoms with van der Waals surface area (Å²) >= 11 is 6.92. The molecule has 0 atom stereocenters. The molecule has 142 valence electrons. The molecule has 27 heavy (non-hydrogen) atoms. The minimum Gasteiger partial charge on any atom is -0.462 e. The van der Waals surface area contributed by atoms with Crippen molar-refractivity contribution in [3.63, 3.8) is 0 Å². The second-order valence-corrected chi connectivity index (χ2v) is 7.82. The third-order valence-corrected chi connectivity index (χ3v) is 6.13. The summed E-state index contributed by atoms with van der Waals surface area (Å²) < 4.78 is 16.3. The van der Waals surface area contributed by atoms with Crippen molar-refractivity contribution in [3.05, 3.63) is 34.2 Å². The van der Waals surface area contributed by atoms with Crippen LogP contribution in [-0.4, -0.2) is 24.5 Å². The third-order valence-electron chi connectivity index (χ3n) is 4.67. The van der Waals surface area contributed by atoms with Crippen LogP contribution in [-0.2, 0) is 17.6 Å². The number of esters is 1. The van der Waals surface area contributed by atoms with Gasteiger partial charge in [-0.15, -0.1) is 11.3 Å². The second kappa shape index (κ2) is 7.36. The van der Waals surface area contributed by atoms with Gasteiger partial charge >= 0.3 is 5.97 Å². The number of ether oxygens (including phenoxy) is 3. The molecule has 2 heterocycles. The van der Waals surface area contributed by atoms with Crippen molar-refractivity contribution in [1.82, 2.24) is 0 Å². The average molecular weight is 405 g/mol. The Balaban J connectivity index is 1.88. The highest BCUT2D eigenvalue weighted by atomic mass is 32.1. The van der Waals surface area contributed by atoms with E-state index in [1.54, 1.807) is 29.2 Å². The zero-order chi connectivity index (χ0) is 19.0. The first-order valence-corrected chi connectivity index (χ1v) is 10.1. The molecule has 8 heteroatoms. The van der Waals surface area contributed by atoms with Gasteiger partial charge in [-0.25, -0.2) is 4.79 Å². The Morgan fingerprint density at radius 1 is 1.33 bits per heavy atom. The molecule has 1 aliphatic heterocycles. The molecule has 2 aliphatic rings. The van der Waals surface area contributed by atoms with Crippen LogP contribution in [0, 0.1) is 0 Å². The van der Waals surface area contributed by atoms with Crippen molar-refractivity contribution in [1.29, 1.82) is 0 Å². The topological polar surface area (TPSA) is 74.0 Å². The predicted molar refractivity (Wildman–Crippen MR) is 108 cm³/mol. The lowest BCUT2D eigenvalue weighted by Crippen LogP contribution is -2.32. The van der Waals surface area contributed by atoms with Crippen LogP contribution in [0.5, 0.6) is 11.5 Å². The number of rotatable bonds is 4. The molecule has 6 nitrogen and oxygen atoms in total. The van der Waals surface area contributed by atoms with E-state index >= 15 is 0 Å². The molecule has 0 fully saturated rings. The Hall–Kier alpha value is -2.32. The molecular formula is C19H20N2O4S2. The van der Waals surface area contributed by atoms with Crippen LogP contribution in [0.1, 0.15) is 40.6 Å². The summed E-state index contributed by atoms with van der Waals surface area (Å²) in [6.07, 6.45) is 3.99. The van der Waals surface area contributed by atoms with E-state index in [0.717, 1.165) is 37.0 Å². The van der Waals surface area contributed by atoms with Gasteiger partial charge in [0.05, 0.1) is 17.9 Å². The summed E-state index contributed by atoms with van der Waals surface area (Å²) in [5.74, 6) is 1.01. The second-order valence-electron chi connectivity index (χ2n) is 6.32. The van der Waals surface area contributed by atoms with Crippen molar-refractivity contribution in [2.24, 2.45) is 5.73 Å². The van der Waals surface area contributed by atoms with E-state index < -0.39 is 0 Å². The van der Waals surface area contributed by atoms with Crippen LogP contribution in [0.4, 0.5) is 10.7 Å². The summed E-state index contributed by atoms with van der Waals surface area (Å²) in [6, 6.07) is 5.47. The van der Waals surface area contributed by atoms with E-state index in [2.05, 4.69) is 0 Å². The van der Waals surface area contributed by atoms with Gasteiger partial charge in [-0.05, 0) is 62.5 Å². The van der Waals surface area contributed by atoms with Gasteiger partial charge in [0.25, 0.3) is 0 Å². The summed E-state index contributed by atoms with van der Waals surface area (Å²) in [7, 11) is 0. The number of anilines is 2. The number of carbonyl (C=O) groups is 1. The number of hydrogen-bond donors (Lipinski definition) is 1. The van der Waals surface area contributed by atoms with Crippen LogP contribution in [0.15, 0.2) is 18.2 Å². The molecule has 0 saturated carbocycles. The van der Waals surface area contributed by atoms with E-state index in [4.69, 9.17) is 32.2 Å². The molecule has 1 aromatic carbocycles. The van der Waals surface area contributed by atoms with Gasteiger partial charge in [0, 0.05) is 10.9 Å². The zero-order valence-electron chi connectivity index (χ0n) is 14.9. The van der Waals surface area contributed by atoms with Gasteiger partial charge in [-0.3, -0.25) is 4.90 Å². The van der Waals surface area contributed by atoms with E-state index in [1.807, 2.05) is 12.1 Å². The normalized spacial score (nSPS) is 14.6. The number of nitrogens with two attached hydrogens (primary N) is 1. The fraction of sp³-hybridized carbons (Fsp3) is 0.368. The standard InChI is InChI=1S/C19H20N2O4S2/c1-2-23-18(22)16-12-5-3-4-6-15(12)27-17(16)21(19(20)26)13-8-7-11-9-14(13)25-10-24-11/h7-9H,2-6,10H2,1H3,(H2,20,26). The van der Waals surface area contributed by atoms with Gasteiger partial charge in [-0.2, -0.15) is 0 Å². The highest BCUT2D eigenvalue weighted by Gasteiger charge is 2.32. The number of nitrogens with zero attached hydrogens (tertiary/aromatic N) is 1. The zero-order valence-corrected chi connectivity index (χ0v) is 16.6. The summed E-state index contributed by atoms with van der Waals surface area (Å²) in [4.78, 5) is 15.7. The average Bonchev–Trinajstić information content (AvgIpc) is 3.03. The largest absolute Gasteiger partial charge is 0.462 e. The minimum atomic E-state index is -0.331. The lowest BCUT2D eigenvalue weighted by atomic mass is 9.95. The molecule has 2 aromatic rings. The molecule has 0 saturated heterocycles. The van der Waals surface area contributed by atoms with E-state index in [9.17, 15) is 4.79 Å². The van der Waals surface area contributed by atoms with Gasteiger partial charge in [-0.1, -0.05) is 0 Å². The van der Waals surface area contributed by atoms with Crippen molar-refractivity contribution < 1.29 is 19.0 Å². The first kappa shape index (κ1) is 18.1. The predicted octanol–water partition coefficient (Wildman–Crippen LogP) is 3.91. The Morgan fingerprint density at radius 3 is 2.93 bits per heavy atom. The quantitative estimate of drug-likeness (QED) is 0.612. The lowest BCUT2D eigenvalue weighted by molar-refractivity contribution is 0.0526. The summed E-state index contributed by atoms with van der Waals surface area (Å²) in [6.45, 7) is 2.25. The fourth-order valence-electron chi connectivity index (χ4n) is 3.50. The highest BCUT2D eigenvalue weighted by Crippen LogP contribution is 2.46. The number of aryl methyl sites for hydroxylation is 1. The maximum Gasteiger partial charge on any atom is 0.341 e. The van der Waals surface area contributed by atoms with E-state index in [1.165, 1.54) is 4.88 Å². The molecule has 0 amide bonds. The van der Waals surface area contributed by atoms with Crippen molar-refractivity contribution in [2.45, 2.75) is 32.6 Å². The lowest BCUT2D eigenvalue weighted by Gasteiger charge is -2.27. The number of fused-ring (bicyclic) bond motifs is 3. The molecular weight excluding hydrogens is 384 g/mol. The number of benzene rings is 1. The molecule has 2 N–H and O–H groups in total. The molecule has 4 rings (SSSR count). The van der Waals surface area contributed by atoms with Crippen LogP contribution in [0.25, 0.3) is 0 Å². The van der Waals surface area contributed by atoms with Crippen LogP contribution in [0.2, 0.25) is 0 Å². The van der Waals surface area contributed by atoms with E-state index in [0.29, 0.717) is 28.6 Å². The molecule has 0 unspecified atom stereocenters. The Labute approximate surface area is 166 Å².